The molecule has 1 aromatic carbocycles. The van der Waals surface area contributed by atoms with Crippen molar-refractivity contribution in [3.05, 3.63) is 23.8 Å². The van der Waals surface area contributed by atoms with Gasteiger partial charge in [-0.3, -0.25) is 4.79 Å². The number of piperidine rings is 1. The molecule has 0 aromatic heterocycles. The number of rotatable bonds is 8. The van der Waals surface area contributed by atoms with Gasteiger partial charge in [-0.15, -0.1) is 0 Å². The van der Waals surface area contributed by atoms with E-state index in [1.54, 1.807) is 14.2 Å². The Morgan fingerprint density at radius 1 is 1.22 bits per heavy atom. The second-order valence-corrected chi connectivity index (χ2v) is 6.92. The minimum atomic E-state index is -0.0703. The van der Waals surface area contributed by atoms with Crippen LogP contribution in [0.3, 0.4) is 0 Å². The SMILES string of the molecule is COCCNC(=O)CCC1CCN(C(=O)Nc2ccc(OC)cc2C)CC1. The van der Waals surface area contributed by atoms with Crippen molar-refractivity contribution in [1.29, 1.82) is 0 Å². The van der Waals surface area contributed by atoms with Gasteiger partial charge in [0.05, 0.1) is 13.7 Å². The predicted molar refractivity (Wildman–Crippen MR) is 105 cm³/mol. The summed E-state index contributed by atoms with van der Waals surface area (Å²) in [4.78, 5) is 26.1. The van der Waals surface area contributed by atoms with E-state index in [4.69, 9.17) is 9.47 Å². The molecule has 0 spiro atoms. The zero-order valence-corrected chi connectivity index (χ0v) is 16.5. The lowest BCUT2D eigenvalue weighted by Gasteiger charge is -2.32. The lowest BCUT2D eigenvalue weighted by molar-refractivity contribution is -0.121. The van der Waals surface area contributed by atoms with Gasteiger partial charge in [-0.05, 0) is 55.9 Å². The molecule has 2 rings (SSSR count). The molecular formula is C20H31N3O4. The molecule has 7 heteroatoms. The van der Waals surface area contributed by atoms with Crippen LogP contribution in [0.4, 0.5) is 10.5 Å². The molecule has 1 saturated heterocycles. The highest BCUT2D eigenvalue weighted by molar-refractivity contribution is 5.90. The molecule has 1 heterocycles. The quantitative estimate of drug-likeness (QED) is 0.683. The fourth-order valence-corrected chi connectivity index (χ4v) is 3.24. The number of aryl methyl sites for hydroxylation is 1. The minimum Gasteiger partial charge on any atom is -0.497 e. The summed E-state index contributed by atoms with van der Waals surface area (Å²) in [7, 11) is 3.24. The predicted octanol–water partition coefficient (Wildman–Crippen LogP) is 2.79. The van der Waals surface area contributed by atoms with E-state index >= 15 is 0 Å². The van der Waals surface area contributed by atoms with Gasteiger partial charge in [-0.25, -0.2) is 4.79 Å². The van der Waals surface area contributed by atoms with Crippen LogP contribution < -0.4 is 15.4 Å². The first-order valence-electron chi connectivity index (χ1n) is 9.49. The summed E-state index contributed by atoms with van der Waals surface area (Å²) in [6.45, 7) is 4.47. The van der Waals surface area contributed by atoms with Crippen molar-refractivity contribution in [1.82, 2.24) is 10.2 Å². The molecule has 3 amide bonds. The monoisotopic (exact) mass is 377 g/mol. The summed E-state index contributed by atoms with van der Waals surface area (Å²) >= 11 is 0. The third-order valence-electron chi connectivity index (χ3n) is 4.98. The van der Waals surface area contributed by atoms with Gasteiger partial charge in [0.15, 0.2) is 0 Å². The Labute approximate surface area is 161 Å². The van der Waals surface area contributed by atoms with Crippen molar-refractivity contribution in [2.75, 3.05) is 45.8 Å². The number of methoxy groups -OCH3 is 2. The van der Waals surface area contributed by atoms with Gasteiger partial charge >= 0.3 is 6.03 Å². The number of likely N-dealkylation sites (tertiary alicyclic amines) is 1. The van der Waals surface area contributed by atoms with E-state index in [1.165, 1.54) is 0 Å². The zero-order chi connectivity index (χ0) is 19.6. The van der Waals surface area contributed by atoms with Gasteiger partial charge in [0, 0.05) is 38.9 Å². The number of carbonyl (C=O) groups is 2. The molecule has 1 aliphatic rings. The van der Waals surface area contributed by atoms with Gasteiger partial charge in [0.2, 0.25) is 5.91 Å². The van der Waals surface area contributed by atoms with Crippen LogP contribution in [0.1, 0.15) is 31.2 Å². The fourth-order valence-electron chi connectivity index (χ4n) is 3.24. The zero-order valence-electron chi connectivity index (χ0n) is 16.5. The van der Waals surface area contributed by atoms with E-state index in [1.807, 2.05) is 30.0 Å². The number of urea groups is 1. The van der Waals surface area contributed by atoms with Crippen molar-refractivity contribution >= 4 is 17.6 Å². The maximum Gasteiger partial charge on any atom is 0.321 e. The molecule has 0 radical (unpaired) electrons. The van der Waals surface area contributed by atoms with Crippen molar-refractivity contribution in [3.8, 4) is 5.75 Å². The number of anilines is 1. The van der Waals surface area contributed by atoms with E-state index in [-0.39, 0.29) is 11.9 Å². The van der Waals surface area contributed by atoms with E-state index in [2.05, 4.69) is 10.6 Å². The summed E-state index contributed by atoms with van der Waals surface area (Å²) in [5.74, 6) is 1.34. The first-order valence-corrected chi connectivity index (χ1v) is 9.49. The minimum absolute atomic E-state index is 0.0703. The lowest BCUT2D eigenvalue weighted by Crippen LogP contribution is -2.41. The van der Waals surface area contributed by atoms with Gasteiger partial charge in [0.1, 0.15) is 5.75 Å². The molecule has 150 valence electrons. The first-order chi connectivity index (χ1) is 13.0. The molecule has 7 nitrogen and oxygen atoms in total. The maximum absolute atomic E-state index is 12.5. The van der Waals surface area contributed by atoms with E-state index in [0.717, 1.165) is 49.4 Å². The number of hydrogen-bond donors (Lipinski definition) is 2. The van der Waals surface area contributed by atoms with Gasteiger partial charge in [-0.1, -0.05) is 0 Å². The molecule has 0 atom stereocenters. The van der Waals surface area contributed by atoms with Gasteiger partial charge in [-0.2, -0.15) is 0 Å². The van der Waals surface area contributed by atoms with E-state index < -0.39 is 0 Å². The van der Waals surface area contributed by atoms with Crippen LogP contribution in [0, 0.1) is 12.8 Å². The Bertz CT molecular complexity index is 628. The third kappa shape index (κ3) is 6.75. The summed E-state index contributed by atoms with van der Waals surface area (Å²) < 4.78 is 10.1. The second kappa shape index (κ2) is 10.8. The molecule has 0 aliphatic carbocycles. The Balaban J connectivity index is 1.72. The van der Waals surface area contributed by atoms with Crippen LogP contribution >= 0.6 is 0 Å². The molecule has 0 unspecified atom stereocenters. The molecule has 0 saturated carbocycles. The number of hydrogen-bond acceptors (Lipinski definition) is 4. The lowest BCUT2D eigenvalue weighted by atomic mass is 9.92. The molecular weight excluding hydrogens is 346 g/mol. The van der Waals surface area contributed by atoms with Crippen LogP contribution in [0.2, 0.25) is 0 Å². The normalized spacial score (nSPS) is 14.7. The number of carbonyl (C=O) groups excluding carboxylic acids is 2. The van der Waals surface area contributed by atoms with Gasteiger partial charge in [0.25, 0.3) is 0 Å². The second-order valence-electron chi connectivity index (χ2n) is 6.92. The van der Waals surface area contributed by atoms with Gasteiger partial charge < -0.3 is 25.0 Å². The van der Waals surface area contributed by atoms with E-state index in [0.29, 0.717) is 25.5 Å². The Morgan fingerprint density at radius 3 is 2.59 bits per heavy atom. The van der Waals surface area contributed by atoms with Crippen molar-refractivity contribution in [2.45, 2.75) is 32.6 Å². The maximum atomic E-state index is 12.5. The summed E-state index contributed by atoms with van der Waals surface area (Å²) in [6, 6.07) is 5.53. The average Bonchev–Trinajstić information content (AvgIpc) is 2.68. The standard InChI is InChI=1S/C20H31N3O4/c1-15-14-17(27-3)5-6-18(15)22-20(25)23-11-8-16(9-12-23)4-7-19(24)21-10-13-26-2/h5-6,14,16H,4,7-13H2,1-3H3,(H,21,24)(H,22,25). The largest absolute Gasteiger partial charge is 0.497 e. The van der Waals surface area contributed by atoms with E-state index in [9.17, 15) is 9.59 Å². The molecule has 27 heavy (non-hydrogen) atoms. The Kier molecular flexibility index (Phi) is 8.39. The average molecular weight is 377 g/mol. The fraction of sp³-hybridized carbons (Fsp3) is 0.600. The third-order valence-corrected chi connectivity index (χ3v) is 4.98. The van der Waals surface area contributed by atoms with Crippen molar-refractivity contribution in [2.24, 2.45) is 5.92 Å². The van der Waals surface area contributed by atoms with Crippen LogP contribution in [-0.4, -0.2) is 57.3 Å². The molecule has 2 N–H and O–H groups in total. The number of nitrogens with one attached hydrogen (secondary N) is 2. The van der Waals surface area contributed by atoms with Crippen molar-refractivity contribution in [3.63, 3.8) is 0 Å². The summed E-state index contributed by atoms with van der Waals surface area (Å²) in [5, 5.41) is 5.82. The smallest absolute Gasteiger partial charge is 0.321 e. The molecule has 1 aliphatic heterocycles. The first kappa shape index (κ1) is 21.0. The Morgan fingerprint density at radius 2 is 1.96 bits per heavy atom. The Hall–Kier alpha value is -2.28. The summed E-state index contributed by atoms with van der Waals surface area (Å²) in [6.07, 6.45) is 3.26. The van der Waals surface area contributed by atoms with Crippen LogP contribution in [0.5, 0.6) is 5.75 Å². The topological polar surface area (TPSA) is 79.9 Å². The highest BCUT2D eigenvalue weighted by Gasteiger charge is 2.23. The highest BCUT2D eigenvalue weighted by Crippen LogP contribution is 2.24. The van der Waals surface area contributed by atoms with Crippen molar-refractivity contribution < 1.29 is 19.1 Å². The van der Waals surface area contributed by atoms with Crippen LogP contribution in [0.15, 0.2) is 18.2 Å². The number of benzene rings is 1. The summed E-state index contributed by atoms with van der Waals surface area (Å²) in [5.41, 5.74) is 1.77. The molecule has 0 bridgehead atoms. The molecule has 1 fully saturated rings. The number of amides is 3. The van der Waals surface area contributed by atoms with Crippen LogP contribution in [0.25, 0.3) is 0 Å². The van der Waals surface area contributed by atoms with Crippen LogP contribution in [-0.2, 0) is 9.53 Å². The highest BCUT2D eigenvalue weighted by atomic mass is 16.5. The number of nitrogens with zero attached hydrogens (tertiary/aromatic N) is 1. The molecule has 1 aromatic rings. The number of ether oxygens (including phenoxy) is 2.